The van der Waals surface area contributed by atoms with E-state index in [2.05, 4.69) is 67.6 Å². The van der Waals surface area contributed by atoms with Crippen molar-refractivity contribution in [1.29, 1.82) is 0 Å². The number of benzene rings is 2. The number of hydrogen-bond acceptors (Lipinski definition) is 2. The molecule has 0 aliphatic carbocycles. The van der Waals surface area contributed by atoms with E-state index in [1.54, 1.807) is 14.2 Å². The van der Waals surface area contributed by atoms with E-state index in [4.69, 9.17) is 9.47 Å². The predicted octanol–water partition coefficient (Wildman–Crippen LogP) is 7.44. The first-order valence-electron chi connectivity index (χ1n) is 10.7. The minimum absolute atomic E-state index is 0.648. The highest BCUT2D eigenvalue weighted by Crippen LogP contribution is 2.32. The van der Waals surface area contributed by atoms with E-state index in [1.165, 1.54) is 49.7 Å². The van der Waals surface area contributed by atoms with Gasteiger partial charge in [0.25, 0.3) is 0 Å². The van der Waals surface area contributed by atoms with Crippen LogP contribution in [0.3, 0.4) is 0 Å². The molecule has 0 bridgehead atoms. The molecule has 2 heteroatoms. The minimum Gasteiger partial charge on any atom is -0.349 e. The van der Waals surface area contributed by atoms with Gasteiger partial charge in [0.15, 0.2) is 5.79 Å². The molecule has 2 nitrogen and oxygen atoms in total. The normalized spacial score (nSPS) is 12.0. The summed E-state index contributed by atoms with van der Waals surface area (Å²) < 4.78 is 11.7. The van der Waals surface area contributed by atoms with E-state index in [0.717, 1.165) is 18.4 Å². The van der Waals surface area contributed by atoms with Gasteiger partial charge in [0.2, 0.25) is 0 Å². The third-order valence-corrected chi connectivity index (χ3v) is 5.39. The summed E-state index contributed by atoms with van der Waals surface area (Å²) in [5, 5.41) is 0. The second-order valence-corrected chi connectivity index (χ2v) is 7.40. The molecule has 0 heterocycles. The third kappa shape index (κ3) is 6.92. The van der Waals surface area contributed by atoms with Crippen LogP contribution in [-0.2, 0) is 15.3 Å². The first kappa shape index (κ1) is 22.4. The van der Waals surface area contributed by atoms with Gasteiger partial charge in [0.05, 0.1) is 0 Å². The van der Waals surface area contributed by atoms with E-state index < -0.39 is 5.79 Å². The van der Waals surface area contributed by atoms with Crippen LogP contribution in [0.15, 0.2) is 54.6 Å². The van der Waals surface area contributed by atoms with Crippen molar-refractivity contribution in [1.82, 2.24) is 0 Å². The highest BCUT2D eigenvalue weighted by Gasteiger charge is 2.31. The van der Waals surface area contributed by atoms with Crippen LogP contribution in [0, 0.1) is 0 Å². The summed E-state index contributed by atoms with van der Waals surface area (Å²) >= 11 is 0. The molecule has 0 atom stereocenters. The smallest absolute Gasteiger partial charge is 0.194 e. The standard InChI is InChI=1S/C26H36O2/c1-4-5-6-7-8-9-13-22-26(27-2,28-3)25-20-18-24(19-21-25)17-16-23-14-11-10-12-15-23/h10-12,14-21H,4-9,13,22H2,1-3H3. The average molecular weight is 381 g/mol. The molecule has 2 aromatic rings. The van der Waals surface area contributed by atoms with Crippen molar-refractivity contribution in [3.63, 3.8) is 0 Å². The molecule has 0 N–H and O–H groups in total. The summed E-state index contributed by atoms with van der Waals surface area (Å²) in [5.74, 6) is -0.648. The van der Waals surface area contributed by atoms with Gasteiger partial charge >= 0.3 is 0 Å². The van der Waals surface area contributed by atoms with Crippen LogP contribution in [0.4, 0.5) is 0 Å². The Hall–Kier alpha value is -1.90. The highest BCUT2D eigenvalue weighted by atomic mass is 16.7. The van der Waals surface area contributed by atoms with Crippen molar-refractivity contribution in [2.75, 3.05) is 14.2 Å². The van der Waals surface area contributed by atoms with Gasteiger partial charge in [0, 0.05) is 26.2 Å². The zero-order valence-corrected chi connectivity index (χ0v) is 17.8. The van der Waals surface area contributed by atoms with Crippen LogP contribution in [0.5, 0.6) is 0 Å². The molecule has 0 spiro atoms. The summed E-state index contributed by atoms with van der Waals surface area (Å²) in [4.78, 5) is 0. The fourth-order valence-corrected chi connectivity index (χ4v) is 3.59. The Morgan fingerprint density at radius 3 is 1.79 bits per heavy atom. The Morgan fingerprint density at radius 2 is 1.21 bits per heavy atom. The molecule has 2 aromatic carbocycles. The molecule has 2 rings (SSSR count). The number of hydrogen-bond donors (Lipinski definition) is 0. The molecule has 0 fully saturated rings. The Kier molecular flexibility index (Phi) is 10.0. The first-order valence-corrected chi connectivity index (χ1v) is 10.7. The fraction of sp³-hybridized carbons (Fsp3) is 0.462. The molecule has 152 valence electrons. The third-order valence-electron chi connectivity index (χ3n) is 5.39. The largest absolute Gasteiger partial charge is 0.349 e. The van der Waals surface area contributed by atoms with E-state index in [0.29, 0.717) is 0 Å². The van der Waals surface area contributed by atoms with Gasteiger partial charge in [-0.05, 0) is 17.5 Å². The van der Waals surface area contributed by atoms with Crippen molar-refractivity contribution in [2.24, 2.45) is 0 Å². The van der Waals surface area contributed by atoms with Gasteiger partial charge < -0.3 is 9.47 Å². The number of unbranched alkanes of at least 4 members (excludes halogenated alkanes) is 6. The van der Waals surface area contributed by atoms with Crippen molar-refractivity contribution >= 4 is 12.2 Å². The first-order chi connectivity index (χ1) is 13.7. The van der Waals surface area contributed by atoms with Gasteiger partial charge in [-0.25, -0.2) is 0 Å². The maximum absolute atomic E-state index is 5.85. The Balaban J connectivity index is 1.93. The quantitative estimate of drug-likeness (QED) is 0.204. The van der Waals surface area contributed by atoms with Gasteiger partial charge in [-0.15, -0.1) is 0 Å². The predicted molar refractivity (Wildman–Crippen MR) is 120 cm³/mol. The van der Waals surface area contributed by atoms with Crippen LogP contribution in [0.1, 0.15) is 75.0 Å². The Labute approximate surface area is 171 Å². The molecule has 0 aliphatic heterocycles. The lowest BCUT2D eigenvalue weighted by Crippen LogP contribution is -2.30. The topological polar surface area (TPSA) is 18.5 Å². The number of ether oxygens (including phenoxy) is 2. The lowest BCUT2D eigenvalue weighted by atomic mass is 9.97. The molecule has 0 aromatic heterocycles. The molecular formula is C26H36O2. The van der Waals surface area contributed by atoms with Crippen LogP contribution in [0.25, 0.3) is 12.2 Å². The summed E-state index contributed by atoms with van der Waals surface area (Å²) in [6.07, 6.45) is 14.1. The van der Waals surface area contributed by atoms with Gasteiger partial charge in [-0.3, -0.25) is 0 Å². The Morgan fingerprint density at radius 1 is 0.679 bits per heavy atom. The molecule has 0 amide bonds. The second-order valence-electron chi connectivity index (χ2n) is 7.40. The van der Waals surface area contributed by atoms with E-state index in [1.807, 2.05) is 6.07 Å². The van der Waals surface area contributed by atoms with E-state index in [-0.39, 0.29) is 0 Å². The van der Waals surface area contributed by atoms with Crippen LogP contribution >= 0.6 is 0 Å². The van der Waals surface area contributed by atoms with Crippen molar-refractivity contribution < 1.29 is 9.47 Å². The molecular weight excluding hydrogens is 344 g/mol. The summed E-state index contributed by atoms with van der Waals surface area (Å²) in [6.45, 7) is 2.26. The van der Waals surface area contributed by atoms with Gasteiger partial charge in [-0.2, -0.15) is 0 Å². The maximum atomic E-state index is 5.85. The average Bonchev–Trinajstić information content (AvgIpc) is 2.76. The molecule has 28 heavy (non-hydrogen) atoms. The van der Waals surface area contributed by atoms with Gasteiger partial charge in [0.1, 0.15) is 0 Å². The minimum atomic E-state index is -0.648. The van der Waals surface area contributed by atoms with Crippen LogP contribution in [0.2, 0.25) is 0 Å². The monoisotopic (exact) mass is 380 g/mol. The number of methoxy groups -OCH3 is 2. The summed E-state index contributed by atoms with van der Waals surface area (Å²) in [7, 11) is 3.49. The summed E-state index contributed by atoms with van der Waals surface area (Å²) in [5.41, 5.74) is 3.46. The van der Waals surface area contributed by atoms with E-state index >= 15 is 0 Å². The molecule has 0 saturated heterocycles. The highest BCUT2D eigenvalue weighted by molar-refractivity contribution is 5.69. The molecule has 0 radical (unpaired) electrons. The molecule has 0 saturated carbocycles. The summed E-state index contributed by atoms with van der Waals surface area (Å²) in [6, 6.07) is 18.9. The van der Waals surface area contributed by atoms with E-state index in [9.17, 15) is 0 Å². The number of rotatable bonds is 13. The Bertz CT molecular complexity index is 669. The maximum Gasteiger partial charge on any atom is 0.194 e. The zero-order valence-electron chi connectivity index (χ0n) is 17.8. The second kappa shape index (κ2) is 12.5. The molecule has 0 aliphatic rings. The van der Waals surface area contributed by atoms with Crippen LogP contribution in [-0.4, -0.2) is 14.2 Å². The van der Waals surface area contributed by atoms with Crippen LogP contribution < -0.4 is 0 Å². The van der Waals surface area contributed by atoms with Crippen molar-refractivity contribution in [3.05, 3.63) is 71.3 Å². The van der Waals surface area contributed by atoms with Gasteiger partial charge in [-0.1, -0.05) is 112 Å². The SMILES string of the molecule is CCCCCCCCCC(OC)(OC)c1ccc(C=Cc2ccccc2)cc1. The zero-order chi connectivity index (χ0) is 20.1. The van der Waals surface area contributed by atoms with Crippen molar-refractivity contribution in [3.8, 4) is 0 Å². The van der Waals surface area contributed by atoms with Crippen molar-refractivity contribution in [2.45, 2.75) is 64.1 Å². The molecule has 0 unspecified atom stereocenters. The lowest BCUT2D eigenvalue weighted by Gasteiger charge is -2.31. The lowest BCUT2D eigenvalue weighted by molar-refractivity contribution is -0.221. The fourth-order valence-electron chi connectivity index (χ4n) is 3.59.